The van der Waals surface area contributed by atoms with E-state index in [2.05, 4.69) is 0 Å². The first-order valence-electron chi connectivity index (χ1n) is 6.53. The normalized spacial score (nSPS) is 12.7. The minimum atomic E-state index is -4.66. The topological polar surface area (TPSA) is 217 Å². The zero-order valence-corrected chi connectivity index (χ0v) is 16.6. The van der Waals surface area contributed by atoms with Crippen LogP contribution in [0.25, 0.3) is 0 Å². The summed E-state index contributed by atoms with van der Waals surface area (Å²) in [6.07, 6.45) is 0. The first-order valence-corrected chi connectivity index (χ1v) is 12.3. The highest BCUT2D eigenvalue weighted by Crippen LogP contribution is 2.19. The maximum absolute atomic E-state index is 10.7. The van der Waals surface area contributed by atoms with E-state index in [1.54, 1.807) is 0 Å². The van der Waals surface area contributed by atoms with Gasteiger partial charge in [0.1, 0.15) is 9.79 Å². The molecule has 0 aliphatic carbocycles. The Balaban J connectivity index is 0.000000280. The number of benzene rings is 2. The standard InChI is InChI=1S/2C6H6O6S2/c7-13(8,9)5-2-1-3-6(4-5)14(10,11)12;7-13(8,9)5-3-1-2-4-6(5)14(10,11)12/h2*1-4H,(H,7,8,9)(H,10,11,12). The van der Waals surface area contributed by atoms with Crippen molar-refractivity contribution in [3.8, 4) is 0 Å². The summed E-state index contributed by atoms with van der Waals surface area (Å²) in [7, 11) is -18.2. The molecule has 0 aliphatic rings. The molecule has 0 bridgehead atoms. The summed E-state index contributed by atoms with van der Waals surface area (Å²) in [6, 6.07) is 7.94. The molecule has 12 nitrogen and oxygen atoms in total. The Bertz CT molecular complexity index is 1190. The van der Waals surface area contributed by atoms with Gasteiger partial charge in [-0.05, 0) is 30.3 Å². The molecule has 156 valence electrons. The van der Waals surface area contributed by atoms with E-state index < -0.39 is 60.1 Å². The van der Waals surface area contributed by atoms with Gasteiger partial charge in [-0.3, -0.25) is 18.2 Å². The van der Waals surface area contributed by atoms with Crippen molar-refractivity contribution in [2.24, 2.45) is 0 Å². The van der Waals surface area contributed by atoms with Crippen LogP contribution in [-0.2, 0) is 40.5 Å². The van der Waals surface area contributed by atoms with Crippen LogP contribution in [0.2, 0.25) is 0 Å². The van der Waals surface area contributed by atoms with Crippen LogP contribution in [0.5, 0.6) is 0 Å². The van der Waals surface area contributed by atoms with Crippen LogP contribution in [0.1, 0.15) is 0 Å². The molecule has 28 heavy (non-hydrogen) atoms. The van der Waals surface area contributed by atoms with Gasteiger partial charge in [-0.1, -0.05) is 18.2 Å². The first-order chi connectivity index (χ1) is 12.4. The van der Waals surface area contributed by atoms with E-state index >= 15 is 0 Å². The molecule has 0 aliphatic heterocycles. The maximum atomic E-state index is 10.7. The fourth-order valence-corrected chi connectivity index (χ4v) is 4.58. The Morgan fingerprint density at radius 3 is 1.04 bits per heavy atom. The van der Waals surface area contributed by atoms with Gasteiger partial charge in [-0.25, -0.2) is 0 Å². The SMILES string of the molecule is O=S(=O)(O)c1cccc(S(=O)(=O)O)c1.O=S(=O)(O)c1ccccc1S(=O)(=O)O. The second-order valence-corrected chi connectivity index (χ2v) is 10.4. The van der Waals surface area contributed by atoms with Gasteiger partial charge in [0.05, 0.1) is 9.79 Å². The van der Waals surface area contributed by atoms with Gasteiger partial charge in [0.15, 0.2) is 0 Å². The van der Waals surface area contributed by atoms with E-state index in [1.165, 1.54) is 12.1 Å². The zero-order valence-electron chi connectivity index (χ0n) is 13.3. The summed E-state index contributed by atoms with van der Waals surface area (Å²) in [6.45, 7) is 0. The highest BCUT2D eigenvalue weighted by atomic mass is 32.2. The molecule has 2 rings (SSSR count). The highest BCUT2D eigenvalue weighted by Gasteiger charge is 2.22. The van der Waals surface area contributed by atoms with Crippen molar-refractivity contribution in [3.63, 3.8) is 0 Å². The Morgan fingerprint density at radius 2 is 0.786 bits per heavy atom. The van der Waals surface area contributed by atoms with Gasteiger partial charge in [-0.2, -0.15) is 33.7 Å². The van der Waals surface area contributed by atoms with E-state index in [1.807, 2.05) is 0 Å². The summed E-state index contributed by atoms with van der Waals surface area (Å²) in [4.78, 5) is -2.87. The van der Waals surface area contributed by atoms with Gasteiger partial charge in [0, 0.05) is 0 Å². The fraction of sp³-hybridized carbons (Fsp3) is 0. The van der Waals surface area contributed by atoms with Gasteiger partial charge >= 0.3 is 0 Å². The average Bonchev–Trinajstić information content (AvgIpc) is 2.52. The van der Waals surface area contributed by atoms with E-state index in [0.717, 1.165) is 30.3 Å². The largest absolute Gasteiger partial charge is 0.295 e. The Morgan fingerprint density at radius 1 is 0.464 bits per heavy atom. The van der Waals surface area contributed by atoms with Crippen molar-refractivity contribution in [1.29, 1.82) is 0 Å². The van der Waals surface area contributed by atoms with Crippen LogP contribution in [0.3, 0.4) is 0 Å². The highest BCUT2D eigenvalue weighted by molar-refractivity contribution is 7.89. The molecule has 0 atom stereocenters. The van der Waals surface area contributed by atoms with Crippen molar-refractivity contribution in [1.82, 2.24) is 0 Å². The Hall–Kier alpha value is -1.92. The molecule has 0 aromatic heterocycles. The van der Waals surface area contributed by atoms with E-state index in [4.69, 9.17) is 18.2 Å². The zero-order chi connectivity index (χ0) is 22.0. The molecule has 0 heterocycles. The third-order valence-electron chi connectivity index (χ3n) is 2.81. The average molecular weight is 476 g/mol. The summed E-state index contributed by atoms with van der Waals surface area (Å²) < 4.78 is 119. The lowest BCUT2D eigenvalue weighted by molar-refractivity contribution is 0.466. The molecule has 2 aromatic rings. The lowest BCUT2D eigenvalue weighted by Crippen LogP contribution is -2.07. The summed E-state index contributed by atoms with van der Waals surface area (Å²) in [5.74, 6) is 0. The molecule has 0 spiro atoms. The second-order valence-electron chi connectivity index (χ2n) is 4.82. The second kappa shape index (κ2) is 8.21. The number of hydrogen-bond acceptors (Lipinski definition) is 8. The lowest BCUT2D eigenvalue weighted by atomic mass is 10.4. The maximum Gasteiger partial charge on any atom is 0.295 e. The fourth-order valence-electron chi connectivity index (χ4n) is 1.67. The quantitative estimate of drug-likeness (QED) is 0.440. The minimum absolute atomic E-state index is 0.590. The monoisotopic (exact) mass is 476 g/mol. The molecular formula is C12H12O12S4. The number of rotatable bonds is 4. The van der Waals surface area contributed by atoms with Crippen LogP contribution in [0.4, 0.5) is 0 Å². The third-order valence-corrected chi connectivity index (χ3v) is 6.46. The molecule has 0 saturated carbocycles. The molecule has 0 radical (unpaired) electrons. The van der Waals surface area contributed by atoms with Gasteiger partial charge < -0.3 is 0 Å². The lowest BCUT2D eigenvalue weighted by Gasteiger charge is -2.02. The molecular weight excluding hydrogens is 464 g/mol. The van der Waals surface area contributed by atoms with E-state index in [9.17, 15) is 33.7 Å². The predicted molar refractivity (Wildman–Crippen MR) is 92.1 cm³/mol. The van der Waals surface area contributed by atoms with Crippen molar-refractivity contribution >= 4 is 40.5 Å². The summed E-state index contributed by atoms with van der Waals surface area (Å²) in [5, 5.41) is 0. The smallest absolute Gasteiger partial charge is 0.282 e. The Labute approximate surface area is 160 Å². The van der Waals surface area contributed by atoms with E-state index in [0.29, 0.717) is 6.07 Å². The van der Waals surface area contributed by atoms with Crippen LogP contribution in [0, 0.1) is 0 Å². The first kappa shape index (κ1) is 24.1. The molecule has 4 N–H and O–H groups in total. The van der Waals surface area contributed by atoms with Gasteiger partial charge in [0.25, 0.3) is 40.5 Å². The minimum Gasteiger partial charge on any atom is -0.282 e. The molecule has 0 amide bonds. The van der Waals surface area contributed by atoms with Gasteiger partial charge in [-0.15, -0.1) is 0 Å². The molecule has 2 aromatic carbocycles. The predicted octanol–water partition coefficient (Wildman–Crippen LogP) is 0.360. The molecule has 0 saturated heterocycles. The Kier molecular flexibility index (Phi) is 7.07. The molecule has 0 unspecified atom stereocenters. The summed E-state index contributed by atoms with van der Waals surface area (Å²) >= 11 is 0. The number of hydrogen-bond donors (Lipinski definition) is 4. The molecule has 16 heteroatoms. The van der Waals surface area contributed by atoms with Crippen molar-refractivity contribution < 1.29 is 51.9 Å². The van der Waals surface area contributed by atoms with Crippen LogP contribution in [0.15, 0.2) is 68.1 Å². The van der Waals surface area contributed by atoms with Crippen molar-refractivity contribution in [2.45, 2.75) is 19.6 Å². The van der Waals surface area contributed by atoms with Crippen LogP contribution in [-0.4, -0.2) is 51.9 Å². The third kappa shape index (κ3) is 6.91. The van der Waals surface area contributed by atoms with Crippen molar-refractivity contribution in [3.05, 3.63) is 48.5 Å². The van der Waals surface area contributed by atoms with Crippen LogP contribution >= 0.6 is 0 Å². The van der Waals surface area contributed by atoms with Crippen molar-refractivity contribution in [2.75, 3.05) is 0 Å². The van der Waals surface area contributed by atoms with Gasteiger partial charge in [0.2, 0.25) is 0 Å². The van der Waals surface area contributed by atoms with Crippen LogP contribution < -0.4 is 0 Å². The summed E-state index contributed by atoms with van der Waals surface area (Å²) in [5.41, 5.74) is 0. The molecule has 0 fully saturated rings. The van der Waals surface area contributed by atoms with E-state index in [-0.39, 0.29) is 0 Å².